The summed E-state index contributed by atoms with van der Waals surface area (Å²) in [4.78, 5) is 27.4. The van der Waals surface area contributed by atoms with Gasteiger partial charge in [-0.3, -0.25) is 14.5 Å². The van der Waals surface area contributed by atoms with Gasteiger partial charge in [0, 0.05) is 38.9 Å². The molecule has 4 heteroatoms. The van der Waals surface area contributed by atoms with E-state index in [0.717, 1.165) is 50.8 Å². The number of allylic oxidation sites excluding steroid dienone is 1. The van der Waals surface area contributed by atoms with Gasteiger partial charge in [0.15, 0.2) is 5.78 Å². The molecule has 0 unspecified atom stereocenters. The van der Waals surface area contributed by atoms with E-state index in [-0.39, 0.29) is 23.9 Å². The Kier molecular flexibility index (Phi) is 10.1. The second-order valence-electron chi connectivity index (χ2n) is 9.43. The van der Waals surface area contributed by atoms with Crippen LogP contribution in [0.4, 0.5) is 0 Å². The van der Waals surface area contributed by atoms with Crippen molar-refractivity contribution in [2.75, 3.05) is 0 Å². The number of carbonyl (C=O) groups excluding carboxylic acids is 2. The zero-order valence-electron chi connectivity index (χ0n) is 21.0. The smallest absolute Gasteiger partial charge is 0.302 e. The molecule has 0 saturated heterocycles. The van der Waals surface area contributed by atoms with Crippen LogP contribution >= 0.6 is 0 Å². The zero-order chi connectivity index (χ0) is 24.3. The number of hydrogen-bond acceptors (Lipinski definition) is 4. The molecular weight excluding hydrogens is 422 g/mol. The molecule has 4 nitrogen and oxygen atoms in total. The first-order valence-electron chi connectivity index (χ1n) is 12.7. The molecule has 2 aromatic carbocycles. The fourth-order valence-electron chi connectivity index (χ4n) is 4.83. The highest BCUT2D eigenvalue weighted by molar-refractivity contribution is 5.97. The number of ether oxygens (including phenoxy) is 1. The van der Waals surface area contributed by atoms with Gasteiger partial charge >= 0.3 is 5.97 Å². The average Bonchev–Trinajstić information content (AvgIpc) is 2.84. The number of unbranched alkanes of at least 4 members (excludes halogenated alkanes) is 1. The van der Waals surface area contributed by atoms with Crippen LogP contribution in [-0.2, 0) is 27.4 Å². The first-order chi connectivity index (χ1) is 16.5. The number of Topliss-reactive ketones (excluding diaryl/α,β-unsaturated/α-hetero) is 1. The van der Waals surface area contributed by atoms with Crippen molar-refractivity contribution in [3.8, 4) is 0 Å². The minimum Gasteiger partial charge on any atom is -0.461 e. The number of nitrogens with zero attached hydrogens (tertiary/aromatic N) is 1. The van der Waals surface area contributed by atoms with E-state index in [9.17, 15) is 9.59 Å². The van der Waals surface area contributed by atoms with Crippen LogP contribution in [0.25, 0.3) is 0 Å². The molecule has 1 aliphatic carbocycles. The fourth-order valence-corrected chi connectivity index (χ4v) is 4.83. The molecule has 0 radical (unpaired) electrons. The molecule has 182 valence electrons. The van der Waals surface area contributed by atoms with E-state index in [1.807, 2.05) is 12.1 Å². The molecule has 0 aliphatic heterocycles. The Morgan fingerprint density at radius 2 is 1.56 bits per heavy atom. The van der Waals surface area contributed by atoms with Gasteiger partial charge < -0.3 is 4.74 Å². The van der Waals surface area contributed by atoms with Crippen molar-refractivity contribution in [1.82, 2.24) is 4.90 Å². The largest absolute Gasteiger partial charge is 0.461 e. The van der Waals surface area contributed by atoms with Crippen molar-refractivity contribution in [2.24, 2.45) is 0 Å². The van der Waals surface area contributed by atoms with Gasteiger partial charge in [-0.15, -0.1) is 0 Å². The number of esters is 1. The van der Waals surface area contributed by atoms with Crippen molar-refractivity contribution in [3.63, 3.8) is 0 Å². The standard InChI is InChI=1S/C30H39NO3/c1-4-5-17-27-18-12-19-29(33)28(27)20-30(34-24(3)32)23(2)31(21-25-13-8-6-9-14-25)22-26-15-10-7-11-16-26/h6-11,13-16,23,30H,4-5,12,17-22H2,1-3H3/t23-,30+/m0/s1. The molecule has 0 bridgehead atoms. The van der Waals surface area contributed by atoms with E-state index in [4.69, 9.17) is 4.74 Å². The normalized spacial score (nSPS) is 15.9. The Morgan fingerprint density at radius 1 is 0.971 bits per heavy atom. The van der Waals surface area contributed by atoms with Crippen LogP contribution in [0.15, 0.2) is 71.8 Å². The van der Waals surface area contributed by atoms with E-state index in [2.05, 4.69) is 67.3 Å². The fraction of sp³-hybridized carbons (Fsp3) is 0.467. The van der Waals surface area contributed by atoms with Crippen LogP contribution in [0.1, 0.15) is 76.8 Å². The third kappa shape index (κ3) is 7.66. The highest BCUT2D eigenvalue weighted by atomic mass is 16.5. The monoisotopic (exact) mass is 461 g/mol. The molecule has 0 N–H and O–H groups in total. The molecule has 0 heterocycles. The first-order valence-corrected chi connectivity index (χ1v) is 12.7. The van der Waals surface area contributed by atoms with Crippen LogP contribution < -0.4 is 0 Å². The SMILES string of the molecule is CCCCC1=C(C[C@@H](OC(C)=O)[C@H](C)N(Cc2ccccc2)Cc2ccccc2)C(=O)CCC1. The van der Waals surface area contributed by atoms with Crippen LogP contribution in [0.5, 0.6) is 0 Å². The Morgan fingerprint density at radius 3 is 2.09 bits per heavy atom. The molecule has 2 atom stereocenters. The molecule has 2 aromatic rings. The van der Waals surface area contributed by atoms with Crippen LogP contribution in [0.2, 0.25) is 0 Å². The second kappa shape index (κ2) is 13.2. The summed E-state index contributed by atoms with van der Waals surface area (Å²) in [5, 5.41) is 0. The third-order valence-corrected chi connectivity index (χ3v) is 6.77. The molecule has 0 aromatic heterocycles. The van der Waals surface area contributed by atoms with Crippen LogP contribution in [0.3, 0.4) is 0 Å². The Bertz CT molecular complexity index is 910. The van der Waals surface area contributed by atoms with Crippen LogP contribution in [-0.4, -0.2) is 28.8 Å². The lowest BCUT2D eigenvalue weighted by atomic mass is 9.84. The Hall–Kier alpha value is -2.72. The summed E-state index contributed by atoms with van der Waals surface area (Å²) in [6.07, 6.45) is 5.81. The van der Waals surface area contributed by atoms with Crippen molar-refractivity contribution in [3.05, 3.63) is 82.9 Å². The van der Waals surface area contributed by atoms with Gasteiger partial charge in [-0.25, -0.2) is 0 Å². The van der Waals surface area contributed by atoms with E-state index in [1.54, 1.807) is 0 Å². The minimum absolute atomic E-state index is 0.0565. The van der Waals surface area contributed by atoms with Gasteiger partial charge in [0.05, 0.1) is 0 Å². The number of benzene rings is 2. The van der Waals surface area contributed by atoms with Gasteiger partial charge in [0.2, 0.25) is 0 Å². The number of rotatable bonds is 12. The summed E-state index contributed by atoms with van der Waals surface area (Å²) in [6, 6.07) is 20.7. The molecule has 0 amide bonds. The summed E-state index contributed by atoms with van der Waals surface area (Å²) in [7, 11) is 0. The maximum atomic E-state index is 13.0. The van der Waals surface area contributed by atoms with Crippen molar-refractivity contribution < 1.29 is 14.3 Å². The van der Waals surface area contributed by atoms with Crippen molar-refractivity contribution in [2.45, 2.75) is 91.0 Å². The lowest BCUT2D eigenvalue weighted by Crippen LogP contribution is -2.43. The average molecular weight is 462 g/mol. The highest BCUT2D eigenvalue weighted by Crippen LogP contribution is 2.31. The quantitative estimate of drug-likeness (QED) is 0.332. The van der Waals surface area contributed by atoms with E-state index in [0.29, 0.717) is 12.8 Å². The molecular formula is C30H39NO3. The summed E-state index contributed by atoms with van der Waals surface area (Å²) >= 11 is 0. The Balaban J connectivity index is 1.89. The molecule has 0 spiro atoms. The minimum atomic E-state index is -0.376. The van der Waals surface area contributed by atoms with Gasteiger partial charge in [-0.1, -0.05) is 79.6 Å². The maximum absolute atomic E-state index is 13.0. The van der Waals surface area contributed by atoms with E-state index >= 15 is 0 Å². The van der Waals surface area contributed by atoms with E-state index < -0.39 is 0 Å². The molecule has 3 rings (SSSR count). The van der Waals surface area contributed by atoms with Crippen LogP contribution in [0, 0.1) is 0 Å². The first kappa shape index (κ1) is 25.9. The maximum Gasteiger partial charge on any atom is 0.302 e. The third-order valence-electron chi connectivity index (χ3n) is 6.77. The predicted molar refractivity (Wildman–Crippen MR) is 137 cm³/mol. The Labute approximate surface area is 205 Å². The van der Waals surface area contributed by atoms with Crippen molar-refractivity contribution >= 4 is 11.8 Å². The predicted octanol–water partition coefficient (Wildman–Crippen LogP) is 6.64. The summed E-state index contributed by atoms with van der Waals surface area (Å²) in [5.41, 5.74) is 4.61. The van der Waals surface area contributed by atoms with Gasteiger partial charge in [-0.05, 0) is 49.3 Å². The number of carbonyl (C=O) groups is 2. The highest BCUT2D eigenvalue weighted by Gasteiger charge is 2.31. The van der Waals surface area contributed by atoms with Crippen molar-refractivity contribution in [1.29, 1.82) is 0 Å². The summed E-state index contributed by atoms with van der Waals surface area (Å²) in [5.74, 6) is -0.0606. The van der Waals surface area contributed by atoms with Gasteiger partial charge in [-0.2, -0.15) is 0 Å². The molecule has 0 fully saturated rings. The van der Waals surface area contributed by atoms with Gasteiger partial charge in [0.1, 0.15) is 6.10 Å². The molecule has 34 heavy (non-hydrogen) atoms. The topological polar surface area (TPSA) is 46.6 Å². The molecule has 0 saturated carbocycles. The number of ketones is 1. The summed E-state index contributed by atoms with van der Waals surface area (Å²) < 4.78 is 5.91. The van der Waals surface area contributed by atoms with Gasteiger partial charge in [0.25, 0.3) is 0 Å². The van der Waals surface area contributed by atoms with E-state index in [1.165, 1.54) is 23.6 Å². The second-order valence-corrected chi connectivity index (χ2v) is 9.43. The lowest BCUT2D eigenvalue weighted by molar-refractivity contribution is -0.150. The summed E-state index contributed by atoms with van der Waals surface area (Å²) in [6.45, 7) is 7.25. The lowest BCUT2D eigenvalue weighted by Gasteiger charge is -2.35. The number of hydrogen-bond donors (Lipinski definition) is 0. The zero-order valence-corrected chi connectivity index (χ0v) is 21.0. The molecule has 1 aliphatic rings.